The van der Waals surface area contributed by atoms with Crippen molar-refractivity contribution in [1.82, 2.24) is 15.2 Å². The molecule has 3 heterocycles. The molecular formula is C15H22ClN3O. The summed E-state index contributed by atoms with van der Waals surface area (Å²) in [7, 11) is 0. The van der Waals surface area contributed by atoms with E-state index in [1.165, 1.54) is 0 Å². The lowest BCUT2D eigenvalue weighted by atomic mass is 9.93. The summed E-state index contributed by atoms with van der Waals surface area (Å²) in [4.78, 5) is 18.8. The smallest absolute Gasteiger partial charge is 0.253 e. The number of hydrogen-bond acceptors (Lipinski definition) is 3. The van der Waals surface area contributed by atoms with Crippen LogP contribution in [0.1, 0.15) is 47.7 Å². The minimum absolute atomic E-state index is 0. The third kappa shape index (κ3) is 3.30. The van der Waals surface area contributed by atoms with Crippen molar-refractivity contribution in [2.24, 2.45) is 0 Å². The minimum atomic E-state index is 0. The number of carbonyl (C=O) groups is 1. The SMILES string of the molecule is Cl.O=C(c1ccnc(C2CCNCC2)c1)N1CCCC1. The predicted molar refractivity (Wildman–Crippen MR) is 81.5 cm³/mol. The number of piperidine rings is 1. The topological polar surface area (TPSA) is 45.2 Å². The fourth-order valence-electron chi connectivity index (χ4n) is 3.03. The van der Waals surface area contributed by atoms with Crippen molar-refractivity contribution in [2.45, 2.75) is 31.6 Å². The summed E-state index contributed by atoms with van der Waals surface area (Å²) >= 11 is 0. The molecule has 1 aromatic heterocycles. The standard InChI is InChI=1S/C15H21N3O.ClH/c19-15(18-9-1-2-10-18)13-5-8-17-14(11-13)12-3-6-16-7-4-12;/h5,8,11-12,16H,1-4,6-7,9-10H2;1H. The van der Waals surface area contributed by atoms with Gasteiger partial charge in [0.1, 0.15) is 0 Å². The summed E-state index contributed by atoms with van der Waals surface area (Å²) in [5.74, 6) is 0.683. The Kier molecular flexibility index (Phi) is 5.38. The molecule has 2 aliphatic rings. The van der Waals surface area contributed by atoms with E-state index in [-0.39, 0.29) is 18.3 Å². The van der Waals surface area contributed by atoms with Crippen molar-refractivity contribution >= 4 is 18.3 Å². The van der Waals surface area contributed by atoms with E-state index in [2.05, 4.69) is 10.3 Å². The molecule has 1 N–H and O–H groups in total. The number of nitrogens with one attached hydrogen (secondary N) is 1. The van der Waals surface area contributed by atoms with Crippen LogP contribution >= 0.6 is 12.4 Å². The van der Waals surface area contributed by atoms with E-state index in [1.54, 1.807) is 6.20 Å². The van der Waals surface area contributed by atoms with Gasteiger partial charge in [-0.2, -0.15) is 0 Å². The Morgan fingerprint density at radius 1 is 1.25 bits per heavy atom. The number of rotatable bonds is 2. The summed E-state index contributed by atoms with van der Waals surface area (Å²) in [5.41, 5.74) is 1.90. The second-order valence-corrected chi connectivity index (χ2v) is 5.49. The molecule has 1 amide bonds. The maximum atomic E-state index is 12.4. The number of nitrogens with zero attached hydrogens (tertiary/aromatic N) is 2. The zero-order valence-corrected chi connectivity index (χ0v) is 12.5. The quantitative estimate of drug-likeness (QED) is 0.910. The number of likely N-dealkylation sites (tertiary alicyclic amines) is 1. The molecule has 0 radical (unpaired) electrons. The van der Waals surface area contributed by atoms with Crippen LogP contribution < -0.4 is 5.32 Å². The van der Waals surface area contributed by atoms with Crippen LogP contribution in [0.15, 0.2) is 18.3 Å². The normalized spacial score (nSPS) is 19.7. The average molecular weight is 296 g/mol. The van der Waals surface area contributed by atoms with Crippen molar-refractivity contribution in [2.75, 3.05) is 26.2 Å². The van der Waals surface area contributed by atoms with Gasteiger partial charge >= 0.3 is 0 Å². The number of pyridine rings is 1. The van der Waals surface area contributed by atoms with Gasteiger partial charge in [-0.1, -0.05) is 0 Å². The Morgan fingerprint density at radius 3 is 2.65 bits per heavy atom. The molecule has 2 aliphatic heterocycles. The maximum Gasteiger partial charge on any atom is 0.253 e. The minimum Gasteiger partial charge on any atom is -0.339 e. The van der Waals surface area contributed by atoms with Crippen LogP contribution in [0.25, 0.3) is 0 Å². The Hall–Kier alpha value is -1.13. The molecule has 1 aromatic rings. The maximum absolute atomic E-state index is 12.4. The van der Waals surface area contributed by atoms with Crippen molar-refractivity contribution < 1.29 is 4.79 Å². The third-order valence-electron chi connectivity index (χ3n) is 4.18. The van der Waals surface area contributed by atoms with Gasteiger partial charge in [-0.25, -0.2) is 0 Å². The Morgan fingerprint density at radius 2 is 1.95 bits per heavy atom. The predicted octanol–water partition coefficient (Wildman–Crippen LogP) is 2.21. The lowest BCUT2D eigenvalue weighted by molar-refractivity contribution is 0.0792. The Labute approximate surface area is 126 Å². The van der Waals surface area contributed by atoms with Crippen LogP contribution in [-0.2, 0) is 0 Å². The summed E-state index contributed by atoms with van der Waals surface area (Å²) in [6, 6.07) is 3.86. The first-order valence-corrected chi connectivity index (χ1v) is 7.30. The molecule has 3 rings (SSSR count). The molecule has 20 heavy (non-hydrogen) atoms. The van der Waals surface area contributed by atoms with Crippen molar-refractivity contribution in [1.29, 1.82) is 0 Å². The fourth-order valence-corrected chi connectivity index (χ4v) is 3.03. The highest BCUT2D eigenvalue weighted by Crippen LogP contribution is 2.24. The van der Waals surface area contributed by atoms with E-state index in [0.717, 1.165) is 63.1 Å². The highest BCUT2D eigenvalue weighted by Gasteiger charge is 2.22. The van der Waals surface area contributed by atoms with Crippen LogP contribution in [0, 0.1) is 0 Å². The number of hydrogen-bond donors (Lipinski definition) is 1. The summed E-state index contributed by atoms with van der Waals surface area (Å²) in [5, 5.41) is 3.36. The van der Waals surface area contributed by atoms with Crippen LogP contribution in [-0.4, -0.2) is 42.0 Å². The van der Waals surface area contributed by atoms with Gasteiger partial charge < -0.3 is 10.2 Å². The summed E-state index contributed by atoms with van der Waals surface area (Å²) in [6.45, 7) is 3.92. The van der Waals surface area contributed by atoms with E-state index in [9.17, 15) is 4.79 Å². The molecule has 0 saturated carbocycles. The van der Waals surface area contributed by atoms with Crippen LogP contribution in [0.5, 0.6) is 0 Å². The molecule has 5 heteroatoms. The lowest BCUT2D eigenvalue weighted by Gasteiger charge is -2.22. The van der Waals surface area contributed by atoms with E-state index >= 15 is 0 Å². The van der Waals surface area contributed by atoms with Gasteiger partial charge in [0.2, 0.25) is 0 Å². The average Bonchev–Trinajstić information content (AvgIpc) is 3.02. The molecule has 0 spiro atoms. The Balaban J connectivity index is 0.00000147. The number of aromatic nitrogens is 1. The van der Waals surface area contributed by atoms with Gasteiger partial charge in [0.05, 0.1) is 0 Å². The molecule has 2 fully saturated rings. The molecule has 0 unspecified atom stereocenters. The van der Waals surface area contributed by atoms with E-state index in [1.807, 2.05) is 17.0 Å². The molecule has 2 saturated heterocycles. The van der Waals surface area contributed by atoms with Gasteiger partial charge in [0.15, 0.2) is 0 Å². The highest BCUT2D eigenvalue weighted by atomic mass is 35.5. The largest absolute Gasteiger partial charge is 0.339 e. The second-order valence-electron chi connectivity index (χ2n) is 5.49. The van der Waals surface area contributed by atoms with Crippen molar-refractivity contribution in [3.8, 4) is 0 Å². The molecular weight excluding hydrogens is 274 g/mol. The monoisotopic (exact) mass is 295 g/mol. The van der Waals surface area contributed by atoms with Crippen LogP contribution in [0.3, 0.4) is 0 Å². The molecule has 0 aliphatic carbocycles. The summed E-state index contributed by atoms with van der Waals surface area (Å²) < 4.78 is 0. The van der Waals surface area contributed by atoms with Gasteiger partial charge in [-0.05, 0) is 50.9 Å². The fraction of sp³-hybridized carbons (Fsp3) is 0.600. The van der Waals surface area contributed by atoms with Gasteiger partial charge in [0, 0.05) is 36.5 Å². The molecule has 110 valence electrons. The lowest BCUT2D eigenvalue weighted by Crippen LogP contribution is -2.29. The first-order valence-electron chi connectivity index (χ1n) is 7.30. The van der Waals surface area contributed by atoms with Gasteiger partial charge in [0.25, 0.3) is 5.91 Å². The van der Waals surface area contributed by atoms with Crippen LogP contribution in [0.4, 0.5) is 0 Å². The van der Waals surface area contributed by atoms with Crippen molar-refractivity contribution in [3.63, 3.8) is 0 Å². The number of amides is 1. The van der Waals surface area contributed by atoms with E-state index in [4.69, 9.17) is 0 Å². The Bertz CT molecular complexity index is 454. The van der Waals surface area contributed by atoms with Gasteiger partial charge in [-0.15, -0.1) is 12.4 Å². The number of halogens is 1. The van der Waals surface area contributed by atoms with E-state index in [0.29, 0.717) is 5.92 Å². The molecule has 4 nitrogen and oxygen atoms in total. The molecule has 0 aromatic carbocycles. The molecule has 0 atom stereocenters. The third-order valence-corrected chi connectivity index (χ3v) is 4.18. The number of carbonyl (C=O) groups excluding carboxylic acids is 1. The van der Waals surface area contributed by atoms with Crippen molar-refractivity contribution in [3.05, 3.63) is 29.6 Å². The second kappa shape index (κ2) is 7.04. The summed E-state index contributed by atoms with van der Waals surface area (Å²) in [6.07, 6.45) is 6.30. The van der Waals surface area contributed by atoms with Crippen LogP contribution in [0.2, 0.25) is 0 Å². The zero-order valence-electron chi connectivity index (χ0n) is 11.7. The van der Waals surface area contributed by atoms with Gasteiger partial charge in [-0.3, -0.25) is 9.78 Å². The molecule has 0 bridgehead atoms. The zero-order chi connectivity index (χ0) is 13.1. The highest BCUT2D eigenvalue weighted by molar-refractivity contribution is 5.94. The first kappa shape index (κ1) is 15.3. The first-order chi connectivity index (χ1) is 9.34. The van der Waals surface area contributed by atoms with E-state index < -0.39 is 0 Å².